The third-order valence-corrected chi connectivity index (χ3v) is 4.60. The Morgan fingerprint density at radius 1 is 1.27 bits per heavy atom. The van der Waals surface area contributed by atoms with E-state index in [9.17, 15) is 4.79 Å². The molecule has 1 aliphatic rings. The van der Waals surface area contributed by atoms with Gasteiger partial charge in [-0.2, -0.15) is 15.4 Å². The van der Waals surface area contributed by atoms with Crippen LogP contribution in [-0.2, 0) is 6.54 Å². The molecular weight excluding hydrogens is 330 g/mol. The summed E-state index contributed by atoms with van der Waals surface area (Å²) in [5, 5.41) is 10.7. The molecule has 0 saturated carbocycles. The monoisotopic (exact) mass is 351 g/mol. The molecule has 3 heterocycles. The Morgan fingerprint density at radius 3 is 2.96 bits per heavy atom. The first-order chi connectivity index (χ1) is 12.6. The van der Waals surface area contributed by atoms with Crippen molar-refractivity contribution in [2.24, 2.45) is 0 Å². The molecule has 8 nitrogen and oxygen atoms in total. The molecule has 0 bridgehead atoms. The fourth-order valence-electron chi connectivity index (χ4n) is 3.44. The van der Waals surface area contributed by atoms with Crippen LogP contribution >= 0.6 is 0 Å². The Bertz CT molecular complexity index is 936. The number of nitrogens with zero attached hydrogens (tertiary/aromatic N) is 6. The van der Waals surface area contributed by atoms with Crippen molar-refractivity contribution in [3.63, 3.8) is 0 Å². The van der Waals surface area contributed by atoms with Crippen LogP contribution in [0.3, 0.4) is 0 Å². The largest absolute Gasteiger partial charge is 0.330 e. The van der Waals surface area contributed by atoms with Gasteiger partial charge in [0.25, 0.3) is 5.91 Å². The Kier molecular flexibility index (Phi) is 4.34. The summed E-state index contributed by atoms with van der Waals surface area (Å²) in [4.78, 5) is 26.1. The first-order valence-corrected chi connectivity index (χ1v) is 8.69. The number of nitrogens with one attached hydrogen (secondary N) is 1. The van der Waals surface area contributed by atoms with E-state index in [4.69, 9.17) is 4.98 Å². The maximum Gasteiger partial charge on any atom is 0.254 e. The predicted molar refractivity (Wildman–Crippen MR) is 96.3 cm³/mol. The summed E-state index contributed by atoms with van der Waals surface area (Å²) < 4.78 is 0. The summed E-state index contributed by atoms with van der Waals surface area (Å²) in [6, 6.07) is 5.36. The van der Waals surface area contributed by atoms with Crippen molar-refractivity contribution in [2.75, 3.05) is 20.6 Å². The number of H-pyrrole nitrogens is 1. The molecule has 8 heteroatoms. The van der Waals surface area contributed by atoms with Gasteiger partial charge in [0.05, 0.1) is 23.6 Å². The van der Waals surface area contributed by atoms with E-state index in [2.05, 4.69) is 25.3 Å². The van der Waals surface area contributed by atoms with Gasteiger partial charge in [-0.05, 0) is 45.1 Å². The van der Waals surface area contributed by atoms with Crippen LogP contribution in [0.5, 0.6) is 0 Å². The number of rotatable bonds is 4. The van der Waals surface area contributed by atoms with Crippen LogP contribution in [0.2, 0.25) is 0 Å². The molecule has 2 aromatic heterocycles. The highest BCUT2D eigenvalue weighted by molar-refractivity contribution is 5.97. The molecule has 1 fully saturated rings. The van der Waals surface area contributed by atoms with Crippen LogP contribution in [0.4, 0.5) is 0 Å². The van der Waals surface area contributed by atoms with E-state index in [0.29, 0.717) is 11.1 Å². The van der Waals surface area contributed by atoms with Gasteiger partial charge in [0, 0.05) is 24.8 Å². The number of fused-ring (bicyclic) bond motifs is 1. The second-order valence-corrected chi connectivity index (χ2v) is 6.86. The minimum Gasteiger partial charge on any atom is -0.330 e. The molecule has 0 aliphatic carbocycles. The highest BCUT2D eigenvalue weighted by Crippen LogP contribution is 2.32. The number of carbonyl (C=O) groups is 1. The van der Waals surface area contributed by atoms with Crippen molar-refractivity contribution < 1.29 is 4.79 Å². The van der Waals surface area contributed by atoms with Crippen molar-refractivity contribution in [3.8, 4) is 0 Å². The van der Waals surface area contributed by atoms with Crippen LogP contribution in [0.25, 0.3) is 11.0 Å². The number of aromatic amines is 1. The zero-order valence-electron chi connectivity index (χ0n) is 14.9. The molecule has 0 spiro atoms. The molecule has 0 unspecified atom stereocenters. The fourth-order valence-corrected chi connectivity index (χ4v) is 3.44. The maximum absolute atomic E-state index is 13.1. The van der Waals surface area contributed by atoms with Gasteiger partial charge in [0.2, 0.25) is 0 Å². The molecule has 1 saturated heterocycles. The molecule has 1 atom stereocenters. The Labute approximate surface area is 151 Å². The highest BCUT2D eigenvalue weighted by atomic mass is 16.2. The van der Waals surface area contributed by atoms with E-state index < -0.39 is 0 Å². The maximum atomic E-state index is 13.1. The molecule has 4 rings (SSSR count). The SMILES string of the molecule is CN(C)Cc1cncc([C@@H]2CCCN2C(=O)c2ccc3n[nH]nc3c2)n1. The molecular formula is C18H21N7O. The Hall–Kier alpha value is -2.87. The van der Waals surface area contributed by atoms with Crippen molar-refractivity contribution in [1.82, 2.24) is 35.2 Å². The van der Waals surface area contributed by atoms with Gasteiger partial charge in [-0.15, -0.1) is 0 Å². The first kappa shape index (κ1) is 16.6. The highest BCUT2D eigenvalue weighted by Gasteiger charge is 2.32. The summed E-state index contributed by atoms with van der Waals surface area (Å²) in [6.45, 7) is 1.45. The van der Waals surface area contributed by atoms with Crippen LogP contribution in [-0.4, -0.2) is 61.7 Å². The number of amides is 1. The Balaban J connectivity index is 1.60. The van der Waals surface area contributed by atoms with Gasteiger partial charge in [-0.1, -0.05) is 0 Å². The quantitative estimate of drug-likeness (QED) is 0.770. The minimum atomic E-state index is -0.0369. The molecule has 3 aromatic rings. The minimum absolute atomic E-state index is 0.00258. The van der Waals surface area contributed by atoms with E-state index in [1.807, 2.05) is 25.1 Å². The number of hydrogen-bond acceptors (Lipinski definition) is 6. The van der Waals surface area contributed by atoms with Crippen LogP contribution in [0, 0.1) is 0 Å². The number of hydrogen-bond donors (Lipinski definition) is 1. The average Bonchev–Trinajstić information content (AvgIpc) is 3.29. The normalized spacial score (nSPS) is 17.3. The summed E-state index contributed by atoms with van der Waals surface area (Å²) in [5.74, 6) is -0.00258. The molecule has 1 aliphatic heterocycles. The summed E-state index contributed by atoms with van der Waals surface area (Å²) in [7, 11) is 4.00. The van der Waals surface area contributed by atoms with E-state index in [-0.39, 0.29) is 11.9 Å². The zero-order chi connectivity index (χ0) is 18.1. The third-order valence-electron chi connectivity index (χ3n) is 4.60. The van der Waals surface area contributed by atoms with Crippen molar-refractivity contribution >= 4 is 16.9 Å². The molecule has 1 amide bonds. The van der Waals surface area contributed by atoms with E-state index >= 15 is 0 Å². The van der Waals surface area contributed by atoms with Crippen molar-refractivity contribution in [1.29, 1.82) is 0 Å². The van der Waals surface area contributed by atoms with E-state index in [0.717, 1.165) is 42.8 Å². The number of aromatic nitrogens is 5. The molecule has 1 N–H and O–H groups in total. The second-order valence-electron chi connectivity index (χ2n) is 6.86. The van der Waals surface area contributed by atoms with Gasteiger partial charge in [0.1, 0.15) is 11.0 Å². The van der Waals surface area contributed by atoms with Gasteiger partial charge in [0.15, 0.2) is 0 Å². The van der Waals surface area contributed by atoms with Crippen molar-refractivity contribution in [3.05, 3.63) is 47.5 Å². The lowest BCUT2D eigenvalue weighted by Gasteiger charge is -2.24. The Morgan fingerprint density at radius 2 is 2.12 bits per heavy atom. The second kappa shape index (κ2) is 6.80. The van der Waals surface area contributed by atoms with Gasteiger partial charge >= 0.3 is 0 Å². The zero-order valence-corrected chi connectivity index (χ0v) is 14.9. The third kappa shape index (κ3) is 3.15. The average molecular weight is 351 g/mol. The predicted octanol–water partition coefficient (Wildman–Crippen LogP) is 1.79. The molecule has 1 aromatic carbocycles. The lowest BCUT2D eigenvalue weighted by atomic mass is 10.1. The number of benzene rings is 1. The summed E-state index contributed by atoms with van der Waals surface area (Å²) in [6.07, 6.45) is 5.42. The van der Waals surface area contributed by atoms with E-state index in [1.54, 1.807) is 24.5 Å². The number of likely N-dealkylation sites (tertiary alicyclic amines) is 1. The smallest absolute Gasteiger partial charge is 0.254 e. The van der Waals surface area contributed by atoms with Crippen LogP contribution in [0.1, 0.15) is 40.6 Å². The summed E-state index contributed by atoms with van der Waals surface area (Å²) in [5.41, 5.74) is 3.84. The van der Waals surface area contributed by atoms with Gasteiger partial charge in [-0.25, -0.2) is 0 Å². The van der Waals surface area contributed by atoms with Gasteiger partial charge in [-0.3, -0.25) is 14.8 Å². The van der Waals surface area contributed by atoms with E-state index in [1.165, 1.54) is 0 Å². The first-order valence-electron chi connectivity index (χ1n) is 8.69. The standard InChI is InChI=1S/C18H21N7O/c1-24(2)11-13-9-19-10-16(20-13)17-4-3-7-25(17)18(26)12-5-6-14-15(8-12)22-23-21-14/h5-6,8-10,17H,3-4,7,11H2,1-2H3,(H,21,22,23)/t17-/m0/s1. The topological polar surface area (TPSA) is 90.9 Å². The lowest BCUT2D eigenvalue weighted by molar-refractivity contribution is 0.0732. The number of carbonyl (C=O) groups excluding carboxylic acids is 1. The van der Waals surface area contributed by atoms with Crippen LogP contribution < -0.4 is 0 Å². The van der Waals surface area contributed by atoms with Gasteiger partial charge < -0.3 is 9.80 Å². The molecule has 134 valence electrons. The lowest BCUT2D eigenvalue weighted by Crippen LogP contribution is -2.31. The van der Waals surface area contributed by atoms with Crippen molar-refractivity contribution in [2.45, 2.75) is 25.4 Å². The van der Waals surface area contributed by atoms with Crippen LogP contribution in [0.15, 0.2) is 30.6 Å². The molecule has 26 heavy (non-hydrogen) atoms. The molecule has 0 radical (unpaired) electrons. The summed E-state index contributed by atoms with van der Waals surface area (Å²) >= 11 is 0. The fraction of sp³-hybridized carbons (Fsp3) is 0.389.